The first kappa shape index (κ1) is 21.8. The average molecular weight is 475 g/mol. The molecule has 4 heterocycles. The first-order chi connectivity index (χ1) is 17.0. The summed E-state index contributed by atoms with van der Waals surface area (Å²) in [5.74, 6) is -0.614. The van der Waals surface area contributed by atoms with Crippen molar-refractivity contribution in [3.63, 3.8) is 0 Å². The number of carbonyl (C=O) groups is 4. The number of hydrogen-bond acceptors (Lipinski definition) is 5. The number of nitrogens with one attached hydrogen (secondary N) is 2. The zero-order valence-corrected chi connectivity index (χ0v) is 19.2. The van der Waals surface area contributed by atoms with Crippen LogP contribution in [0.15, 0.2) is 36.4 Å². The van der Waals surface area contributed by atoms with Crippen molar-refractivity contribution < 1.29 is 23.9 Å². The van der Waals surface area contributed by atoms with Crippen LogP contribution in [-0.2, 0) is 27.3 Å². The van der Waals surface area contributed by atoms with Crippen molar-refractivity contribution in [1.82, 2.24) is 10.2 Å². The highest BCUT2D eigenvalue weighted by Crippen LogP contribution is 2.35. The highest BCUT2D eigenvalue weighted by atomic mass is 16.5. The van der Waals surface area contributed by atoms with Crippen molar-refractivity contribution in [1.29, 1.82) is 0 Å². The standard InChI is InChI=1S/C26H26N4O5/c31-23-6-5-21(24(32)28-23)30-13-18-11-19(3-4-20(18)25(30)33)27-26(34)29-9-7-15-1-2-16(12-22(15)29)17-8-10-35-14-17/h1-4,11-12,17,21H,5-10,13-14H2,(H,27,34)(H,28,31,32). The predicted molar refractivity (Wildman–Crippen MR) is 127 cm³/mol. The van der Waals surface area contributed by atoms with E-state index in [-0.39, 0.29) is 30.8 Å². The van der Waals surface area contributed by atoms with Gasteiger partial charge in [-0.05, 0) is 60.2 Å². The van der Waals surface area contributed by atoms with E-state index in [2.05, 4.69) is 28.8 Å². The molecular formula is C26H26N4O5. The van der Waals surface area contributed by atoms with Crippen molar-refractivity contribution in [3.05, 3.63) is 58.7 Å². The summed E-state index contributed by atoms with van der Waals surface area (Å²) in [5.41, 5.74) is 5.16. The first-order valence-electron chi connectivity index (χ1n) is 12.0. The van der Waals surface area contributed by atoms with Crippen LogP contribution in [0, 0.1) is 0 Å². The fourth-order valence-electron chi connectivity index (χ4n) is 5.50. The Kier molecular flexibility index (Phi) is 5.29. The number of amides is 5. The minimum Gasteiger partial charge on any atom is -0.381 e. The lowest BCUT2D eigenvalue weighted by Crippen LogP contribution is -2.52. The summed E-state index contributed by atoms with van der Waals surface area (Å²) in [6, 6.07) is 10.7. The molecular weight excluding hydrogens is 448 g/mol. The van der Waals surface area contributed by atoms with Gasteiger partial charge in [-0.25, -0.2) is 4.79 Å². The molecule has 2 aromatic carbocycles. The molecule has 0 aliphatic carbocycles. The van der Waals surface area contributed by atoms with Crippen LogP contribution in [-0.4, -0.2) is 54.5 Å². The topological polar surface area (TPSA) is 108 Å². The second-order valence-electron chi connectivity index (χ2n) is 9.55. The monoisotopic (exact) mass is 474 g/mol. The summed E-state index contributed by atoms with van der Waals surface area (Å²) < 4.78 is 5.53. The molecule has 2 N–H and O–H groups in total. The third-order valence-electron chi connectivity index (χ3n) is 7.43. The van der Waals surface area contributed by atoms with Gasteiger partial charge in [0.05, 0.1) is 6.61 Å². The molecule has 9 nitrogen and oxygen atoms in total. The molecule has 0 saturated carbocycles. The van der Waals surface area contributed by atoms with E-state index >= 15 is 0 Å². The third kappa shape index (κ3) is 3.85. The number of carbonyl (C=O) groups excluding carboxylic acids is 4. The lowest BCUT2D eigenvalue weighted by Gasteiger charge is -2.29. The molecule has 180 valence electrons. The van der Waals surface area contributed by atoms with Gasteiger partial charge < -0.3 is 15.0 Å². The van der Waals surface area contributed by atoms with Gasteiger partial charge in [0.15, 0.2) is 0 Å². The van der Waals surface area contributed by atoms with Crippen molar-refractivity contribution in [2.24, 2.45) is 0 Å². The van der Waals surface area contributed by atoms with Crippen LogP contribution in [0.2, 0.25) is 0 Å². The number of benzene rings is 2. The largest absolute Gasteiger partial charge is 0.381 e. The third-order valence-corrected chi connectivity index (χ3v) is 7.43. The lowest BCUT2D eigenvalue weighted by molar-refractivity contribution is -0.136. The number of imide groups is 1. The molecule has 2 saturated heterocycles. The van der Waals surface area contributed by atoms with Gasteiger partial charge in [-0.1, -0.05) is 12.1 Å². The molecule has 5 amide bonds. The second kappa shape index (κ2) is 8.49. The molecule has 6 rings (SSSR count). The smallest absolute Gasteiger partial charge is 0.326 e. The summed E-state index contributed by atoms with van der Waals surface area (Å²) >= 11 is 0. The molecule has 9 heteroatoms. The maximum Gasteiger partial charge on any atom is 0.326 e. The quantitative estimate of drug-likeness (QED) is 0.665. The highest BCUT2D eigenvalue weighted by molar-refractivity contribution is 6.06. The summed E-state index contributed by atoms with van der Waals surface area (Å²) in [4.78, 5) is 53.1. The Morgan fingerprint density at radius 2 is 1.91 bits per heavy atom. The van der Waals surface area contributed by atoms with Crippen molar-refractivity contribution in [2.75, 3.05) is 30.0 Å². The Balaban J connectivity index is 1.17. The molecule has 4 aliphatic rings. The van der Waals surface area contributed by atoms with Gasteiger partial charge in [0.1, 0.15) is 6.04 Å². The van der Waals surface area contributed by atoms with Gasteiger partial charge in [-0.2, -0.15) is 0 Å². The number of rotatable bonds is 3. The van der Waals surface area contributed by atoms with Crippen molar-refractivity contribution >= 4 is 35.1 Å². The molecule has 35 heavy (non-hydrogen) atoms. The Labute approximate surface area is 202 Å². The van der Waals surface area contributed by atoms with Gasteiger partial charge >= 0.3 is 6.03 Å². The molecule has 2 atom stereocenters. The number of anilines is 2. The minimum atomic E-state index is -0.661. The molecule has 2 aromatic rings. The predicted octanol–water partition coefficient (Wildman–Crippen LogP) is 2.55. The van der Waals surface area contributed by atoms with E-state index in [0.29, 0.717) is 36.7 Å². The maximum atomic E-state index is 13.2. The van der Waals surface area contributed by atoms with Crippen LogP contribution in [0.5, 0.6) is 0 Å². The van der Waals surface area contributed by atoms with Crippen LogP contribution < -0.4 is 15.5 Å². The van der Waals surface area contributed by atoms with Crippen LogP contribution in [0.25, 0.3) is 0 Å². The van der Waals surface area contributed by atoms with E-state index in [9.17, 15) is 19.2 Å². The summed E-state index contributed by atoms with van der Waals surface area (Å²) in [5, 5.41) is 5.29. The van der Waals surface area contributed by atoms with E-state index in [0.717, 1.165) is 36.3 Å². The number of piperidine rings is 1. The summed E-state index contributed by atoms with van der Waals surface area (Å²) in [7, 11) is 0. The fraction of sp³-hybridized carbons (Fsp3) is 0.385. The van der Waals surface area contributed by atoms with Gasteiger partial charge in [0.2, 0.25) is 11.8 Å². The Morgan fingerprint density at radius 1 is 1.03 bits per heavy atom. The van der Waals surface area contributed by atoms with Crippen LogP contribution in [0.1, 0.15) is 52.2 Å². The average Bonchev–Trinajstić information content (AvgIpc) is 3.58. The van der Waals surface area contributed by atoms with Gasteiger partial charge in [-0.3, -0.25) is 24.6 Å². The molecule has 2 fully saturated rings. The number of hydrogen-bond donors (Lipinski definition) is 2. The number of urea groups is 1. The van der Waals surface area contributed by atoms with Crippen LogP contribution in [0.4, 0.5) is 16.2 Å². The molecule has 0 bridgehead atoms. The Bertz CT molecular complexity index is 1250. The summed E-state index contributed by atoms with van der Waals surface area (Å²) in [6.07, 6.45) is 2.33. The van der Waals surface area contributed by atoms with Crippen molar-refractivity contribution in [2.45, 2.75) is 44.2 Å². The fourth-order valence-corrected chi connectivity index (χ4v) is 5.50. The van der Waals surface area contributed by atoms with Crippen LogP contribution in [0.3, 0.4) is 0 Å². The summed E-state index contributed by atoms with van der Waals surface area (Å²) in [6.45, 7) is 2.37. The SMILES string of the molecule is O=C1CCC(N2Cc3cc(NC(=O)N4CCc5ccc(C6CCOC6)cc54)ccc3C2=O)C(=O)N1. The number of fused-ring (bicyclic) bond motifs is 2. The van der Waals surface area contributed by atoms with E-state index < -0.39 is 11.9 Å². The lowest BCUT2D eigenvalue weighted by atomic mass is 9.96. The van der Waals surface area contributed by atoms with Gasteiger partial charge in [0, 0.05) is 49.0 Å². The number of ether oxygens (including phenoxy) is 1. The van der Waals surface area contributed by atoms with E-state index in [1.54, 1.807) is 23.1 Å². The molecule has 2 unspecified atom stereocenters. The second-order valence-corrected chi connectivity index (χ2v) is 9.55. The molecule has 4 aliphatic heterocycles. The highest BCUT2D eigenvalue weighted by Gasteiger charge is 2.39. The van der Waals surface area contributed by atoms with Crippen LogP contribution >= 0.6 is 0 Å². The zero-order valence-electron chi connectivity index (χ0n) is 19.2. The minimum absolute atomic E-state index is 0.213. The number of nitrogens with zero attached hydrogens (tertiary/aromatic N) is 2. The van der Waals surface area contributed by atoms with Gasteiger partial charge in [-0.15, -0.1) is 0 Å². The zero-order chi connectivity index (χ0) is 24.1. The Hall–Kier alpha value is -3.72. The molecule has 0 aromatic heterocycles. The van der Waals surface area contributed by atoms with Crippen molar-refractivity contribution in [3.8, 4) is 0 Å². The van der Waals surface area contributed by atoms with Gasteiger partial charge in [0.25, 0.3) is 5.91 Å². The first-order valence-corrected chi connectivity index (χ1v) is 12.0. The van der Waals surface area contributed by atoms with E-state index in [4.69, 9.17) is 4.74 Å². The molecule has 0 spiro atoms. The maximum absolute atomic E-state index is 13.2. The van der Waals surface area contributed by atoms with E-state index in [1.807, 2.05) is 0 Å². The van der Waals surface area contributed by atoms with E-state index in [1.165, 1.54) is 10.5 Å². The normalized spacial score (nSPS) is 23.4. The Morgan fingerprint density at radius 3 is 2.71 bits per heavy atom. The molecule has 0 radical (unpaired) electrons.